The van der Waals surface area contributed by atoms with E-state index in [0.29, 0.717) is 26.1 Å². The Balaban J connectivity index is 1.69. The molecule has 0 fully saturated rings. The Hall–Kier alpha value is -1.73. The number of rotatable bonds is 4. The first-order valence-corrected chi connectivity index (χ1v) is 8.57. The zero-order valence-electron chi connectivity index (χ0n) is 11.9. The second-order valence-electron chi connectivity index (χ2n) is 5.20. The Labute approximate surface area is 124 Å². The minimum Gasteiger partial charge on any atom is -0.313 e. The van der Waals surface area contributed by atoms with E-state index in [2.05, 4.69) is 10.2 Å². The van der Waals surface area contributed by atoms with Crippen LogP contribution in [0, 0.1) is 6.92 Å². The highest BCUT2D eigenvalue weighted by Crippen LogP contribution is 2.16. The number of fused-ring (bicyclic) bond motifs is 1. The number of hydrogen-bond acceptors (Lipinski definition) is 4. The first-order valence-electron chi connectivity index (χ1n) is 6.97. The van der Waals surface area contributed by atoms with Gasteiger partial charge in [0, 0.05) is 13.1 Å². The average molecular weight is 306 g/mol. The molecule has 6 nitrogen and oxygen atoms in total. The predicted octanol–water partition coefficient (Wildman–Crippen LogP) is 0.975. The van der Waals surface area contributed by atoms with Crippen LogP contribution in [0.4, 0.5) is 0 Å². The number of aromatic nitrogens is 3. The van der Waals surface area contributed by atoms with Crippen LogP contribution >= 0.6 is 0 Å². The van der Waals surface area contributed by atoms with Gasteiger partial charge in [-0.2, -0.15) is 4.31 Å². The van der Waals surface area contributed by atoms with Crippen LogP contribution in [0.3, 0.4) is 0 Å². The fourth-order valence-corrected chi connectivity index (χ4v) is 3.96. The van der Waals surface area contributed by atoms with Gasteiger partial charge in [0.15, 0.2) is 0 Å². The van der Waals surface area contributed by atoms with Gasteiger partial charge < -0.3 is 4.57 Å². The van der Waals surface area contributed by atoms with Gasteiger partial charge >= 0.3 is 0 Å². The van der Waals surface area contributed by atoms with Crippen molar-refractivity contribution in [2.75, 3.05) is 12.3 Å². The maximum absolute atomic E-state index is 12.4. The molecule has 21 heavy (non-hydrogen) atoms. The average Bonchev–Trinajstić information content (AvgIpc) is 2.87. The molecule has 2 aromatic rings. The monoisotopic (exact) mass is 306 g/mol. The van der Waals surface area contributed by atoms with E-state index in [1.807, 2.05) is 41.8 Å². The smallest absolute Gasteiger partial charge is 0.214 e. The van der Waals surface area contributed by atoms with E-state index in [0.717, 1.165) is 17.2 Å². The zero-order valence-corrected chi connectivity index (χ0v) is 12.8. The SMILES string of the molecule is Cc1nnc2n1CCN(S(=O)(=O)CCc1ccccc1)C2. The molecule has 0 bridgehead atoms. The molecular weight excluding hydrogens is 288 g/mol. The molecule has 3 rings (SSSR count). The minimum atomic E-state index is -3.26. The van der Waals surface area contributed by atoms with E-state index in [-0.39, 0.29) is 5.75 Å². The molecule has 0 radical (unpaired) electrons. The van der Waals surface area contributed by atoms with Gasteiger partial charge in [0.2, 0.25) is 10.0 Å². The third kappa shape index (κ3) is 2.98. The lowest BCUT2D eigenvalue weighted by Gasteiger charge is -2.26. The van der Waals surface area contributed by atoms with Crippen molar-refractivity contribution in [1.82, 2.24) is 19.1 Å². The van der Waals surface area contributed by atoms with E-state index >= 15 is 0 Å². The van der Waals surface area contributed by atoms with Crippen molar-refractivity contribution < 1.29 is 8.42 Å². The largest absolute Gasteiger partial charge is 0.313 e. The van der Waals surface area contributed by atoms with E-state index in [1.165, 1.54) is 4.31 Å². The minimum absolute atomic E-state index is 0.129. The third-order valence-electron chi connectivity index (χ3n) is 3.79. The van der Waals surface area contributed by atoms with E-state index in [9.17, 15) is 8.42 Å². The van der Waals surface area contributed by atoms with Crippen molar-refractivity contribution in [3.05, 3.63) is 47.5 Å². The summed E-state index contributed by atoms with van der Waals surface area (Å²) in [6.07, 6.45) is 0.533. The maximum Gasteiger partial charge on any atom is 0.214 e. The summed E-state index contributed by atoms with van der Waals surface area (Å²) in [4.78, 5) is 0. The van der Waals surface area contributed by atoms with Crippen LogP contribution in [0.5, 0.6) is 0 Å². The standard InChI is InChI=1S/C14H18N4O2S/c1-12-15-16-14-11-17(8-9-18(12)14)21(19,20)10-7-13-5-3-2-4-6-13/h2-6H,7-11H2,1H3. The highest BCUT2D eigenvalue weighted by atomic mass is 32.2. The lowest BCUT2D eigenvalue weighted by molar-refractivity contribution is 0.333. The number of hydrogen-bond donors (Lipinski definition) is 0. The Morgan fingerprint density at radius 2 is 1.90 bits per heavy atom. The summed E-state index contributed by atoms with van der Waals surface area (Å²) in [7, 11) is -3.26. The summed E-state index contributed by atoms with van der Waals surface area (Å²) in [6, 6.07) is 9.68. The summed E-state index contributed by atoms with van der Waals surface area (Å²) in [5, 5.41) is 8.04. The molecule has 0 amide bonds. The molecule has 1 aliphatic heterocycles. The van der Waals surface area contributed by atoms with Crippen molar-refractivity contribution in [2.24, 2.45) is 0 Å². The van der Waals surface area contributed by atoms with E-state index in [4.69, 9.17) is 0 Å². The summed E-state index contributed by atoms with van der Waals surface area (Å²) in [5.41, 5.74) is 1.04. The highest BCUT2D eigenvalue weighted by molar-refractivity contribution is 7.89. The van der Waals surface area contributed by atoms with Crippen molar-refractivity contribution in [3.8, 4) is 0 Å². The number of nitrogens with zero attached hydrogens (tertiary/aromatic N) is 4. The van der Waals surface area contributed by atoms with Crippen LogP contribution in [0.1, 0.15) is 17.2 Å². The van der Waals surface area contributed by atoms with Gasteiger partial charge in [0.25, 0.3) is 0 Å². The molecule has 2 heterocycles. The van der Waals surface area contributed by atoms with Gasteiger partial charge in [-0.3, -0.25) is 0 Å². The fourth-order valence-electron chi connectivity index (χ4n) is 2.54. The van der Waals surface area contributed by atoms with Gasteiger partial charge in [-0.15, -0.1) is 10.2 Å². The molecule has 7 heteroatoms. The maximum atomic E-state index is 12.4. The van der Waals surface area contributed by atoms with Gasteiger partial charge in [-0.25, -0.2) is 8.42 Å². The lowest BCUT2D eigenvalue weighted by atomic mass is 10.2. The van der Waals surface area contributed by atoms with Crippen molar-refractivity contribution >= 4 is 10.0 Å². The first kappa shape index (κ1) is 14.2. The van der Waals surface area contributed by atoms with Crippen LogP contribution in [-0.2, 0) is 29.5 Å². The summed E-state index contributed by atoms with van der Waals surface area (Å²) < 4.78 is 28.4. The van der Waals surface area contributed by atoms with Crippen LogP contribution in [0.2, 0.25) is 0 Å². The van der Waals surface area contributed by atoms with Crippen LogP contribution in [0.15, 0.2) is 30.3 Å². The lowest BCUT2D eigenvalue weighted by Crippen LogP contribution is -2.40. The zero-order chi connectivity index (χ0) is 14.9. The predicted molar refractivity (Wildman–Crippen MR) is 79.1 cm³/mol. The summed E-state index contributed by atoms with van der Waals surface area (Å²) >= 11 is 0. The van der Waals surface area contributed by atoms with E-state index < -0.39 is 10.0 Å². The highest BCUT2D eigenvalue weighted by Gasteiger charge is 2.28. The van der Waals surface area contributed by atoms with Gasteiger partial charge in [-0.1, -0.05) is 30.3 Å². The number of sulfonamides is 1. The topological polar surface area (TPSA) is 68.1 Å². The molecule has 0 unspecified atom stereocenters. The number of aryl methyl sites for hydroxylation is 2. The molecule has 0 N–H and O–H groups in total. The molecule has 0 atom stereocenters. The molecule has 1 aromatic carbocycles. The Kier molecular flexibility index (Phi) is 3.77. The molecule has 1 aromatic heterocycles. The Morgan fingerprint density at radius 3 is 2.67 bits per heavy atom. The molecule has 0 aliphatic carbocycles. The van der Waals surface area contributed by atoms with Crippen molar-refractivity contribution in [2.45, 2.75) is 26.4 Å². The summed E-state index contributed by atoms with van der Waals surface area (Å²) in [5.74, 6) is 1.69. The molecule has 0 saturated heterocycles. The first-order chi connectivity index (χ1) is 10.1. The number of benzene rings is 1. The van der Waals surface area contributed by atoms with Crippen LogP contribution in [-0.4, -0.2) is 39.8 Å². The quantitative estimate of drug-likeness (QED) is 0.844. The molecule has 1 aliphatic rings. The Bertz CT molecular complexity index is 725. The van der Waals surface area contributed by atoms with Crippen LogP contribution in [0.25, 0.3) is 0 Å². The Morgan fingerprint density at radius 1 is 1.14 bits per heavy atom. The van der Waals surface area contributed by atoms with Gasteiger partial charge in [-0.05, 0) is 18.9 Å². The van der Waals surface area contributed by atoms with Crippen molar-refractivity contribution in [1.29, 1.82) is 0 Å². The fraction of sp³-hybridized carbons (Fsp3) is 0.429. The molecule has 0 saturated carbocycles. The summed E-state index contributed by atoms with van der Waals surface area (Å²) in [6.45, 7) is 3.32. The molecular formula is C14H18N4O2S. The molecule has 112 valence electrons. The second kappa shape index (κ2) is 5.57. The van der Waals surface area contributed by atoms with Gasteiger partial charge in [0.05, 0.1) is 12.3 Å². The second-order valence-corrected chi connectivity index (χ2v) is 7.29. The third-order valence-corrected chi connectivity index (χ3v) is 5.61. The normalized spacial score (nSPS) is 15.9. The van der Waals surface area contributed by atoms with E-state index in [1.54, 1.807) is 0 Å². The van der Waals surface area contributed by atoms with Gasteiger partial charge in [0.1, 0.15) is 11.6 Å². The molecule has 0 spiro atoms. The van der Waals surface area contributed by atoms with Crippen molar-refractivity contribution in [3.63, 3.8) is 0 Å². The van der Waals surface area contributed by atoms with Crippen LogP contribution < -0.4 is 0 Å².